The van der Waals surface area contributed by atoms with Crippen LogP contribution < -0.4 is 5.73 Å². The van der Waals surface area contributed by atoms with E-state index in [4.69, 9.17) is 33.7 Å². The molecule has 2 rings (SSSR count). The first-order valence-electron chi connectivity index (χ1n) is 7.68. The van der Waals surface area contributed by atoms with E-state index >= 15 is 0 Å². The maximum Gasteiger partial charge on any atom is 0.340 e. The van der Waals surface area contributed by atoms with Crippen LogP contribution in [0.2, 0.25) is 10.0 Å². The molecule has 23 heavy (non-hydrogen) atoms. The Labute approximate surface area is 145 Å². The van der Waals surface area contributed by atoms with E-state index in [1.54, 1.807) is 4.90 Å². The Morgan fingerprint density at radius 1 is 1.09 bits per heavy atom. The van der Waals surface area contributed by atoms with Crippen LogP contribution in [0.1, 0.15) is 42.5 Å². The van der Waals surface area contributed by atoms with Crippen molar-refractivity contribution in [3.05, 3.63) is 27.7 Å². The fraction of sp³-hybridized carbons (Fsp3) is 0.500. The van der Waals surface area contributed by atoms with Crippen molar-refractivity contribution in [1.29, 1.82) is 0 Å². The predicted octanol–water partition coefficient (Wildman–Crippen LogP) is 3.53. The number of benzene rings is 1. The molecule has 0 spiro atoms. The summed E-state index contributed by atoms with van der Waals surface area (Å²) in [6, 6.07) is 2.83. The number of hydrogen-bond donors (Lipinski definition) is 1. The van der Waals surface area contributed by atoms with Gasteiger partial charge in [0, 0.05) is 18.1 Å². The molecule has 0 atom stereocenters. The number of nitrogen functional groups attached to an aromatic ring is 1. The highest BCUT2D eigenvalue weighted by Gasteiger charge is 2.19. The van der Waals surface area contributed by atoms with E-state index in [9.17, 15) is 9.59 Å². The van der Waals surface area contributed by atoms with Crippen LogP contribution in [-0.4, -0.2) is 36.5 Å². The maximum absolute atomic E-state index is 12.2. The van der Waals surface area contributed by atoms with Crippen LogP contribution in [0.5, 0.6) is 0 Å². The minimum absolute atomic E-state index is 0.0722. The van der Waals surface area contributed by atoms with Gasteiger partial charge in [-0.25, -0.2) is 4.79 Å². The number of carbonyl (C=O) groups is 2. The molecule has 1 amide bonds. The van der Waals surface area contributed by atoms with E-state index in [-0.39, 0.29) is 33.8 Å². The molecule has 1 heterocycles. The van der Waals surface area contributed by atoms with E-state index in [0.717, 1.165) is 25.7 Å². The molecule has 0 unspecified atom stereocenters. The highest BCUT2D eigenvalue weighted by atomic mass is 35.5. The molecular formula is C16H20Cl2N2O3. The summed E-state index contributed by atoms with van der Waals surface area (Å²) in [5.41, 5.74) is 5.92. The van der Waals surface area contributed by atoms with Gasteiger partial charge in [0.2, 0.25) is 0 Å². The van der Waals surface area contributed by atoms with Gasteiger partial charge in [-0.1, -0.05) is 42.5 Å². The summed E-state index contributed by atoms with van der Waals surface area (Å²) in [6.45, 7) is 1.12. The molecule has 2 N–H and O–H groups in total. The van der Waals surface area contributed by atoms with Gasteiger partial charge in [-0.05, 0) is 25.0 Å². The van der Waals surface area contributed by atoms with Crippen molar-refractivity contribution in [3.63, 3.8) is 0 Å². The summed E-state index contributed by atoms with van der Waals surface area (Å²) in [5, 5.41) is 0.464. The number of rotatable bonds is 3. The van der Waals surface area contributed by atoms with Crippen LogP contribution in [0.25, 0.3) is 0 Å². The van der Waals surface area contributed by atoms with E-state index in [1.165, 1.54) is 18.6 Å². The zero-order chi connectivity index (χ0) is 16.8. The minimum Gasteiger partial charge on any atom is -0.452 e. The molecule has 1 aromatic carbocycles. The van der Waals surface area contributed by atoms with E-state index in [1.807, 2.05) is 0 Å². The average molecular weight is 359 g/mol. The molecule has 1 aliphatic heterocycles. The first-order valence-corrected chi connectivity index (χ1v) is 8.44. The third-order valence-electron chi connectivity index (χ3n) is 3.85. The summed E-state index contributed by atoms with van der Waals surface area (Å²) in [7, 11) is 0. The summed E-state index contributed by atoms with van der Waals surface area (Å²) in [6.07, 6.45) is 5.43. The van der Waals surface area contributed by atoms with Gasteiger partial charge in [0.05, 0.1) is 16.3 Å². The summed E-state index contributed by atoms with van der Waals surface area (Å²) >= 11 is 11.8. The maximum atomic E-state index is 12.2. The molecule has 7 heteroatoms. The van der Waals surface area contributed by atoms with Crippen LogP contribution in [-0.2, 0) is 9.53 Å². The standard InChI is InChI=1S/C16H20Cl2N2O3/c17-11-8-12(15(19)13(18)9-11)16(22)23-10-14(21)20-6-4-2-1-3-5-7-20/h8-9H,1-7,10,19H2. The molecular weight excluding hydrogens is 339 g/mol. The molecule has 126 valence electrons. The van der Waals surface area contributed by atoms with Gasteiger partial charge in [-0.15, -0.1) is 0 Å². The van der Waals surface area contributed by atoms with Gasteiger partial charge in [-0.3, -0.25) is 4.79 Å². The Hall–Kier alpha value is -1.46. The minimum atomic E-state index is -0.702. The van der Waals surface area contributed by atoms with E-state index in [2.05, 4.69) is 0 Å². The van der Waals surface area contributed by atoms with Crippen molar-refractivity contribution >= 4 is 40.8 Å². The molecule has 1 fully saturated rings. The monoisotopic (exact) mass is 358 g/mol. The van der Waals surface area contributed by atoms with Crippen molar-refractivity contribution in [2.45, 2.75) is 32.1 Å². The second-order valence-corrected chi connectivity index (χ2v) is 6.42. The summed E-state index contributed by atoms with van der Waals surface area (Å²) < 4.78 is 5.08. The predicted molar refractivity (Wildman–Crippen MR) is 90.8 cm³/mol. The van der Waals surface area contributed by atoms with Gasteiger partial charge >= 0.3 is 5.97 Å². The number of ether oxygens (including phenoxy) is 1. The van der Waals surface area contributed by atoms with Gasteiger partial charge in [0.15, 0.2) is 6.61 Å². The Morgan fingerprint density at radius 3 is 2.35 bits per heavy atom. The highest BCUT2D eigenvalue weighted by Crippen LogP contribution is 2.28. The third-order valence-corrected chi connectivity index (χ3v) is 4.38. The number of nitrogens with two attached hydrogens (primary N) is 1. The molecule has 5 nitrogen and oxygen atoms in total. The molecule has 1 aromatic rings. The number of hydrogen-bond acceptors (Lipinski definition) is 4. The molecule has 1 aliphatic rings. The lowest BCUT2D eigenvalue weighted by molar-refractivity contribution is -0.134. The van der Waals surface area contributed by atoms with Crippen molar-refractivity contribution in [2.75, 3.05) is 25.4 Å². The SMILES string of the molecule is Nc1c(Cl)cc(Cl)cc1C(=O)OCC(=O)N1CCCCCCC1. The van der Waals surface area contributed by atoms with Crippen LogP contribution >= 0.6 is 23.2 Å². The largest absolute Gasteiger partial charge is 0.452 e. The molecule has 1 saturated heterocycles. The second kappa shape index (κ2) is 8.41. The van der Waals surface area contributed by atoms with Gasteiger partial charge in [-0.2, -0.15) is 0 Å². The van der Waals surface area contributed by atoms with Gasteiger partial charge in [0.25, 0.3) is 5.91 Å². The van der Waals surface area contributed by atoms with E-state index < -0.39 is 5.97 Å². The summed E-state index contributed by atoms with van der Waals surface area (Å²) in [5.74, 6) is -0.890. The molecule has 0 saturated carbocycles. The second-order valence-electron chi connectivity index (χ2n) is 5.57. The van der Waals surface area contributed by atoms with Gasteiger partial charge in [0.1, 0.15) is 0 Å². The zero-order valence-electron chi connectivity index (χ0n) is 12.8. The quantitative estimate of drug-likeness (QED) is 0.662. The number of esters is 1. The van der Waals surface area contributed by atoms with Crippen molar-refractivity contribution < 1.29 is 14.3 Å². The third kappa shape index (κ3) is 5.01. The normalized spacial score (nSPS) is 15.7. The fourth-order valence-corrected chi connectivity index (χ4v) is 3.04. The Bertz CT molecular complexity index is 585. The lowest BCUT2D eigenvalue weighted by Gasteiger charge is -2.24. The van der Waals surface area contributed by atoms with E-state index in [0.29, 0.717) is 13.1 Å². The molecule has 0 bridgehead atoms. The lowest BCUT2D eigenvalue weighted by Crippen LogP contribution is -2.37. The van der Waals surface area contributed by atoms with Crippen molar-refractivity contribution in [1.82, 2.24) is 4.90 Å². The smallest absolute Gasteiger partial charge is 0.340 e. The van der Waals surface area contributed by atoms with Crippen LogP contribution in [0.15, 0.2) is 12.1 Å². The topological polar surface area (TPSA) is 72.6 Å². The molecule has 0 radical (unpaired) electrons. The lowest BCUT2D eigenvalue weighted by atomic mass is 10.1. The zero-order valence-corrected chi connectivity index (χ0v) is 14.3. The average Bonchev–Trinajstić information content (AvgIpc) is 2.47. The number of halogens is 2. The number of carbonyl (C=O) groups excluding carboxylic acids is 2. The Kier molecular flexibility index (Phi) is 6.54. The fourth-order valence-electron chi connectivity index (χ4n) is 2.55. The number of nitrogens with zero attached hydrogens (tertiary/aromatic N) is 1. The summed E-state index contributed by atoms with van der Waals surface area (Å²) in [4.78, 5) is 26.0. The van der Waals surface area contributed by atoms with Crippen molar-refractivity contribution in [2.24, 2.45) is 0 Å². The van der Waals surface area contributed by atoms with Crippen LogP contribution in [0, 0.1) is 0 Å². The Balaban J connectivity index is 1.94. The molecule has 0 aliphatic carbocycles. The first kappa shape index (κ1) is 17.9. The number of amides is 1. The Morgan fingerprint density at radius 2 is 1.70 bits per heavy atom. The highest BCUT2D eigenvalue weighted by molar-refractivity contribution is 6.37. The van der Waals surface area contributed by atoms with Crippen molar-refractivity contribution in [3.8, 4) is 0 Å². The number of anilines is 1. The number of likely N-dealkylation sites (tertiary alicyclic amines) is 1. The van der Waals surface area contributed by atoms with Gasteiger partial charge < -0.3 is 15.4 Å². The van der Waals surface area contributed by atoms with Crippen LogP contribution in [0.3, 0.4) is 0 Å². The first-order chi connectivity index (χ1) is 11.0. The molecule has 0 aromatic heterocycles. The van der Waals surface area contributed by atoms with Crippen LogP contribution in [0.4, 0.5) is 5.69 Å².